The molecule has 0 spiro atoms. The lowest BCUT2D eigenvalue weighted by Crippen LogP contribution is -2.42. The zero-order valence-corrected chi connectivity index (χ0v) is 17.0. The third kappa shape index (κ3) is 4.36. The molecule has 0 unspecified atom stereocenters. The summed E-state index contributed by atoms with van der Waals surface area (Å²) in [6, 6.07) is 12.9. The molecule has 2 fully saturated rings. The number of halogens is 1. The van der Waals surface area contributed by atoms with E-state index in [9.17, 15) is 17.6 Å². The number of carbonyl (C=O) groups is 1. The molecule has 2 aromatic carbocycles. The highest BCUT2D eigenvalue weighted by Gasteiger charge is 2.42. The lowest BCUT2D eigenvalue weighted by Gasteiger charge is -2.28. The number of hydrogen-bond donors (Lipinski definition) is 2. The summed E-state index contributed by atoms with van der Waals surface area (Å²) in [5, 5.41) is 2.97. The topological polar surface area (TPSA) is 75.3 Å². The first kappa shape index (κ1) is 20.0. The Bertz CT molecular complexity index is 995. The van der Waals surface area contributed by atoms with Crippen LogP contribution in [0.25, 0.3) is 0 Å². The molecule has 0 bridgehead atoms. The second-order valence-corrected chi connectivity index (χ2v) is 9.74. The highest BCUT2D eigenvalue weighted by molar-refractivity contribution is 7.89. The molecule has 7 heteroatoms. The molecule has 1 amide bonds. The fraction of sp³-hybridized carbons (Fsp3) is 0.409. The van der Waals surface area contributed by atoms with Gasteiger partial charge in [-0.3, -0.25) is 4.79 Å². The Morgan fingerprint density at radius 3 is 2.38 bits per heavy atom. The van der Waals surface area contributed by atoms with E-state index in [2.05, 4.69) is 10.0 Å². The van der Waals surface area contributed by atoms with Crippen molar-refractivity contribution >= 4 is 15.9 Å². The Morgan fingerprint density at radius 2 is 1.76 bits per heavy atom. The summed E-state index contributed by atoms with van der Waals surface area (Å²) in [6.45, 7) is 0.298. The van der Waals surface area contributed by atoms with Crippen molar-refractivity contribution in [1.82, 2.24) is 10.0 Å². The molecule has 4 rings (SSSR count). The maximum absolute atomic E-state index is 13.7. The van der Waals surface area contributed by atoms with Gasteiger partial charge in [-0.2, -0.15) is 0 Å². The lowest BCUT2D eigenvalue weighted by atomic mass is 9.78. The van der Waals surface area contributed by atoms with Gasteiger partial charge in [0, 0.05) is 12.6 Å². The SMILES string of the molecule is O=C(NCc1ccc(S(=O)(=O)NC2CC2)cc1)C1(c2cccc(F)c2)CCCC1. The van der Waals surface area contributed by atoms with Crippen molar-refractivity contribution in [3.8, 4) is 0 Å². The van der Waals surface area contributed by atoms with Gasteiger partial charge >= 0.3 is 0 Å². The van der Waals surface area contributed by atoms with Crippen LogP contribution in [-0.4, -0.2) is 20.4 Å². The zero-order chi connectivity index (χ0) is 20.5. The Hall–Kier alpha value is -2.25. The van der Waals surface area contributed by atoms with E-state index in [1.807, 2.05) is 6.07 Å². The number of hydrogen-bond acceptors (Lipinski definition) is 3. The van der Waals surface area contributed by atoms with Crippen LogP contribution in [0.15, 0.2) is 53.4 Å². The third-order valence-electron chi connectivity index (χ3n) is 5.85. The molecule has 154 valence electrons. The minimum atomic E-state index is -3.48. The Labute approximate surface area is 170 Å². The van der Waals surface area contributed by atoms with Crippen LogP contribution in [0.2, 0.25) is 0 Å². The fourth-order valence-electron chi connectivity index (χ4n) is 4.04. The molecule has 0 saturated heterocycles. The molecule has 0 heterocycles. The summed E-state index contributed by atoms with van der Waals surface area (Å²) in [6.07, 6.45) is 5.04. The van der Waals surface area contributed by atoms with E-state index in [4.69, 9.17) is 0 Å². The summed E-state index contributed by atoms with van der Waals surface area (Å²) >= 11 is 0. The molecule has 2 saturated carbocycles. The summed E-state index contributed by atoms with van der Waals surface area (Å²) < 4.78 is 40.9. The maximum Gasteiger partial charge on any atom is 0.240 e. The largest absolute Gasteiger partial charge is 0.351 e. The lowest BCUT2D eigenvalue weighted by molar-refractivity contribution is -0.126. The van der Waals surface area contributed by atoms with Crippen LogP contribution < -0.4 is 10.0 Å². The van der Waals surface area contributed by atoms with Crippen molar-refractivity contribution in [2.24, 2.45) is 0 Å². The van der Waals surface area contributed by atoms with Crippen LogP contribution in [0.4, 0.5) is 4.39 Å². The van der Waals surface area contributed by atoms with Crippen LogP contribution in [0, 0.1) is 5.82 Å². The van der Waals surface area contributed by atoms with Crippen molar-refractivity contribution < 1.29 is 17.6 Å². The molecule has 0 atom stereocenters. The van der Waals surface area contributed by atoms with Gasteiger partial charge < -0.3 is 5.32 Å². The van der Waals surface area contributed by atoms with E-state index in [0.717, 1.165) is 36.8 Å². The van der Waals surface area contributed by atoms with Crippen LogP contribution in [0.5, 0.6) is 0 Å². The average Bonchev–Trinajstić information content (AvgIpc) is 3.36. The number of sulfonamides is 1. The Kier molecular flexibility index (Phi) is 5.44. The monoisotopic (exact) mass is 416 g/mol. The van der Waals surface area contributed by atoms with Crippen LogP contribution in [0.1, 0.15) is 49.7 Å². The predicted octanol–water partition coefficient (Wildman–Crippen LogP) is 3.39. The molecule has 0 radical (unpaired) electrons. The van der Waals surface area contributed by atoms with Gasteiger partial charge in [0.2, 0.25) is 15.9 Å². The van der Waals surface area contributed by atoms with Crippen LogP contribution in [0.3, 0.4) is 0 Å². The van der Waals surface area contributed by atoms with Gasteiger partial charge in [0.05, 0.1) is 10.3 Å². The molecule has 2 aliphatic rings. The van der Waals surface area contributed by atoms with E-state index >= 15 is 0 Å². The molecule has 2 aromatic rings. The number of carbonyl (C=O) groups excluding carboxylic acids is 1. The number of benzene rings is 2. The van der Waals surface area contributed by atoms with Crippen molar-refractivity contribution in [2.75, 3.05) is 0 Å². The molecular weight excluding hydrogens is 391 g/mol. The van der Waals surface area contributed by atoms with Crippen LogP contribution >= 0.6 is 0 Å². The number of nitrogens with one attached hydrogen (secondary N) is 2. The Balaban J connectivity index is 1.44. The third-order valence-corrected chi connectivity index (χ3v) is 7.39. The maximum atomic E-state index is 13.7. The van der Waals surface area contributed by atoms with Gasteiger partial charge in [-0.25, -0.2) is 17.5 Å². The number of amides is 1. The Morgan fingerprint density at radius 1 is 1.07 bits per heavy atom. The van der Waals surface area contributed by atoms with E-state index in [1.54, 1.807) is 30.3 Å². The van der Waals surface area contributed by atoms with Crippen molar-refractivity contribution in [2.45, 2.75) is 61.4 Å². The second-order valence-electron chi connectivity index (χ2n) is 8.02. The first-order valence-electron chi connectivity index (χ1n) is 10.0. The molecule has 2 N–H and O–H groups in total. The first-order valence-corrected chi connectivity index (χ1v) is 11.5. The fourth-order valence-corrected chi connectivity index (χ4v) is 5.34. The van der Waals surface area contributed by atoms with Crippen LogP contribution in [-0.2, 0) is 26.8 Å². The summed E-state index contributed by atoms with van der Waals surface area (Å²) in [7, 11) is -3.48. The smallest absolute Gasteiger partial charge is 0.240 e. The zero-order valence-electron chi connectivity index (χ0n) is 16.2. The minimum Gasteiger partial charge on any atom is -0.351 e. The summed E-state index contributed by atoms with van der Waals surface area (Å²) in [5.41, 5.74) is 0.843. The highest BCUT2D eigenvalue weighted by Crippen LogP contribution is 2.41. The number of rotatable bonds is 7. The normalized spacial score (nSPS) is 18.5. The molecule has 29 heavy (non-hydrogen) atoms. The minimum absolute atomic E-state index is 0.0596. The highest BCUT2D eigenvalue weighted by atomic mass is 32.2. The van der Waals surface area contributed by atoms with Crippen molar-refractivity contribution in [1.29, 1.82) is 0 Å². The predicted molar refractivity (Wildman–Crippen MR) is 108 cm³/mol. The molecule has 0 aromatic heterocycles. The second kappa shape index (κ2) is 7.88. The molecular formula is C22H25FN2O3S. The van der Waals surface area contributed by atoms with Gasteiger partial charge in [-0.1, -0.05) is 37.1 Å². The van der Waals surface area contributed by atoms with Gasteiger partial charge in [0.1, 0.15) is 5.82 Å². The quantitative estimate of drug-likeness (QED) is 0.727. The van der Waals surface area contributed by atoms with Crippen molar-refractivity contribution in [3.05, 3.63) is 65.5 Å². The molecule has 0 aliphatic heterocycles. The van der Waals surface area contributed by atoms with Gasteiger partial charge in [0.25, 0.3) is 0 Å². The first-order chi connectivity index (χ1) is 13.9. The van der Waals surface area contributed by atoms with Crippen molar-refractivity contribution in [3.63, 3.8) is 0 Å². The molecule has 2 aliphatic carbocycles. The van der Waals surface area contributed by atoms with Gasteiger partial charge in [-0.15, -0.1) is 0 Å². The average molecular weight is 417 g/mol. The van der Waals surface area contributed by atoms with Gasteiger partial charge in [-0.05, 0) is 61.1 Å². The summed E-state index contributed by atoms with van der Waals surface area (Å²) in [5.74, 6) is -0.439. The van der Waals surface area contributed by atoms with E-state index in [-0.39, 0.29) is 22.7 Å². The molecule has 5 nitrogen and oxygen atoms in total. The van der Waals surface area contributed by atoms with E-state index in [1.165, 1.54) is 12.1 Å². The van der Waals surface area contributed by atoms with E-state index < -0.39 is 15.4 Å². The summed E-state index contributed by atoms with van der Waals surface area (Å²) in [4.78, 5) is 13.3. The van der Waals surface area contributed by atoms with E-state index in [0.29, 0.717) is 19.4 Å². The standard InChI is InChI=1S/C22H25FN2O3S/c23-18-5-3-4-17(14-18)22(12-1-2-13-22)21(26)24-15-16-6-10-20(11-7-16)29(27,28)25-19-8-9-19/h3-7,10-11,14,19,25H,1-2,8-9,12-13,15H2,(H,24,26). The van der Waals surface area contributed by atoms with Gasteiger partial charge in [0.15, 0.2) is 0 Å².